The van der Waals surface area contributed by atoms with Crippen LogP contribution in [0.5, 0.6) is 29.2 Å². The standard InChI is InChI=1S/C29H41N5O6Si/c1-18-17-19-11-9-16-41(7,8)25(19)24(36-4)23(18)40-21-13-12-20(39-21)26(35)31-22-27(37-5)32-29(33-28(22)38-6)30-14-10-15-34(2)3/h12-13,17H,9-11,14-16H2,1-8H3,(H,31,35)(H,30,32,33). The summed E-state index contributed by atoms with van der Waals surface area (Å²) in [6.07, 6.45) is 3.14. The van der Waals surface area contributed by atoms with Crippen LogP contribution in [0.2, 0.25) is 19.1 Å². The molecule has 1 aliphatic heterocycles. The molecule has 0 spiro atoms. The second-order valence-electron chi connectivity index (χ2n) is 11.0. The summed E-state index contributed by atoms with van der Waals surface area (Å²) in [5.41, 5.74) is 2.49. The van der Waals surface area contributed by atoms with E-state index in [1.807, 2.05) is 21.0 Å². The first-order chi connectivity index (χ1) is 19.6. The normalized spacial score (nSPS) is 13.9. The molecule has 11 nitrogen and oxygen atoms in total. The fourth-order valence-corrected chi connectivity index (χ4v) is 8.42. The van der Waals surface area contributed by atoms with Crippen LogP contribution >= 0.6 is 0 Å². The maximum atomic E-state index is 13.2. The third kappa shape index (κ3) is 6.76. The largest absolute Gasteiger partial charge is 0.493 e. The molecule has 222 valence electrons. The number of anilines is 2. The number of amides is 1. The van der Waals surface area contributed by atoms with Crippen molar-refractivity contribution in [2.75, 3.05) is 59.1 Å². The number of furan rings is 1. The van der Waals surface area contributed by atoms with E-state index in [0.29, 0.717) is 18.2 Å². The van der Waals surface area contributed by atoms with Gasteiger partial charge in [0.2, 0.25) is 17.7 Å². The summed E-state index contributed by atoms with van der Waals surface area (Å²) in [5, 5.41) is 7.21. The minimum atomic E-state index is -1.68. The zero-order chi connectivity index (χ0) is 29.7. The highest BCUT2D eigenvalue weighted by Crippen LogP contribution is 2.40. The van der Waals surface area contributed by atoms with Gasteiger partial charge >= 0.3 is 0 Å². The third-order valence-corrected chi connectivity index (χ3v) is 10.7. The molecule has 0 saturated heterocycles. The van der Waals surface area contributed by atoms with Crippen molar-refractivity contribution in [2.24, 2.45) is 0 Å². The van der Waals surface area contributed by atoms with Crippen LogP contribution in [0.25, 0.3) is 0 Å². The average molecular weight is 584 g/mol. The Morgan fingerprint density at radius 3 is 2.41 bits per heavy atom. The number of hydrogen-bond acceptors (Lipinski definition) is 10. The third-order valence-electron chi connectivity index (χ3n) is 7.17. The quantitative estimate of drug-likeness (QED) is 0.230. The molecule has 1 aliphatic rings. The highest BCUT2D eigenvalue weighted by Gasteiger charge is 2.35. The molecule has 1 amide bonds. The molecule has 0 radical (unpaired) electrons. The van der Waals surface area contributed by atoms with Crippen molar-refractivity contribution in [2.45, 2.75) is 45.3 Å². The number of hydrogen-bond donors (Lipinski definition) is 2. The second-order valence-corrected chi connectivity index (χ2v) is 15.8. The Morgan fingerprint density at radius 1 is 1.07 bits per heavy atom. The predicted molar refractivity (Wildman–Crippen MR) is 162 cm³/mol. The summed E-state index contributed by atoms with van der Waals surface area (Å²) < 4.78 is 28.8. The molecule has 1 aromatic carbocycles. The van der Waals surface area contributed by atoms with Gasteiger partial charge in [-0.05, 0) is 62.8 Å². The minimum Gasteiger partial charge on any atom is -0.493 e. The maximum Gasteiger partial charge on any atom is 0.291 e. The summed E-state index contributed by atoms with van der Waals surface area (Å²) in [6, 6.07) is 6.55. The Labute approximate surface area is 242 Å². The fraction of sp³-hybridized carbons (Fsp3) is 0.483. The van der Waals surface area contributed by atoms with Gasteiger partial charge in [0.25, 0.3) is 11.9 Å². The van der Waals surface area contributed by atoms with Crippen LogP contribution in [0.1, 0.15) is 34.5 Å². The van der Waals surface area contributed by atoms with Crippen LogP contribution in [0.4, 0.5) is 11.6 Å². The Hall–Kier alpha value is -3.77. The van der Waals surface area contributed by atoms with Crippen molar-refractivity contribution >= 4 is 30.8 Å². The van der Waals surface area contributed by atoms with E-state index in [2.05, 4.69) is 44.7 Å². The number of rotatable bonds is 12. The van der Waals surface area contributed by atoms with Crippen molar-refractivity contribution in [3.63, 3.8) is 0 Å². The van der Waals surface area contributed by atoms with E-state index in [-0.39, 0.29) is 29.2 Å². The molecule has 0 bridgehead atoms. The van der Waals surface area contributed by atoms with Gasteiger partial charge in [-0.25, -0.2) is 0 Å². The Balaban J connectivity index is 1.53. The smallest absolute Gasteiger partial charge is 0.291 e. The Morgan fingerprint density at radius 2 is 1.78 bits per heavy atom. The molecule has 0 aliphatic carbocycles. The molecular weight excluding hydrogens is 542 g/mol. The molecule has 2 aromatic heterocycles. The number of nitrogens with zero attached hydrogens (tertiary/aromatic N) is 3. The van der Waals surface area contributed by atoms with E-state index >= 15 is 0 Å². The van der Waals surface area contributed by atoms with Crippen LogP contribution < -0.4 is 34.8 Å². The fourth-order valence-electron chi connectivity index (χ4n) is 5.21. The lowest BCUT2D eigenvalue weighted by Crippen LogP contribution is -2.47. The van der Waals surface area contributed by atoms with Gasteiger partial charge in [-0.2, -0.15) is 9.97 Å². The Bertz CT molecular complexity index is 1370. The lowest BCUT2D eigenvalue weighted by Gasteiger charge is -2.33. The van der Waals surface area contributed by atoms with E-state index in [4.69, 9.17) is 23.4 Å². The number of nitrogens with one attached hydrogen (secondary N) is 2. The van der Waals surface area contributed by atoms with E-state index in [0.717, 1.165) is 30.7 Å². The summed E-state index contributed by atoms with van der Waals surface area (Å²) >= 11 is 0. The van der Waals surface area contributed by atoms with Crippen LogP contribution in [0, 0.1) is 6.92 Å². The molecule has 4 rings (SSSR count). The summed E-state index contributed by atoms with van der Waals surface area (Å²) in [6.45, 7) is 8.31. The van der Waals surface area contributed by atoms with Gasteiger partial charge in [-0.15, -0.1) is 0 Å². The van der Waals surface area contributed by atoms with Crippen molar-refractivity contribution in [3.8, 4) is 29.2 Å². The molecule has 3 aromatic rings. The lowest BCUT2D eigenvalue weighted by molar-refractivity contribution is 0.0990. The predicted octanol–water partition coefficient (Wildman–Crippen LogP) is 4.67. The topological polar surface area (TPSA) is 120 Å². The van der Waals surface area contributed by atoms with Crippen molar-refractivity contribution < 1.29 is 28.2 Å². The van der Waals surface area contributed by atoms with E-state index in [1.165, 1.54) is 37.4 Å². The maximum absolute atomic E-state index is 13.2. The lowest BCUT2D eigenvalue weighted by atomic mass is 10.0. The number of carbonyl (C=O) groups excluding carboxylic acids is 1. The van der Waals surface area contributed by atoms with Crippen molar-refractivity contribution in [1.29, 1.82) is 0 Å². The van der Waals surface area contributed by atoms with Crippen molar-refractivity contribution in [3.05, 3.63) is 35.1 Å². The van der Waals surface area contributed by atoms with Crippen LogP contribution in [0.15, 0.2) is 22.6 Å². The number of carbonyl (C=O) groups is 1. The van der Waals surface area contributed by atoms with E-state index in [1.54, 1.807) is 19.2 Å². The first-order valence-corrected chi connectivity index (χ1v) is 17.0. The molecule has 0 fully saturated rings. The molecular formula is C29H41N5O6Si. The van der Waals surface area contributed by atoms with Crippen LogP contribution in [0.3, 0.4) is 0 Å². The zero-order valence-electron chi connectivity index (χ0n) is 25.3. The van der Waals surface area contributed by atoms with E-state index < -0.39 is 14.0 Å². The van der Waals surface area contributed by atoms with Crippen LogP contribution in [-0.2, 0) is 6.42 Å². The van der Waals surface area contributed by atoms with Gasteiger partial charge in [0.05, 0.1) is 29.4 Å². The van der Waals surface area contributed by atoms with Crippen LogP contribution in [-0.4, -0.2) is 77.4 Å². The first-order valence-electron chi connectivity index (χ1n) is 13.8. The number of methoxy groups -OCH3 is 3. The number of fused-ring (bicyclic) bond motifs is 1. The SMILES string of the molecule is COc1nc(NCCCN(C)C)nc(OC)c1NC(=O)c1ccc(Oc2c(C)cc3c(c2OC)[Si](C)(C)CCC3)o1. The van der Waals surface area contributed by atoms with Gasteiger partial charge in [0.15, 0.2) is 22.9 Å². The molecule has 3 heterocycles. The first kappa shape index (κ1) is 30.2. The highest BCUT2D eigenvalue weighted by atomic mass is 28.3. The summed E-state index contributed by atoms with van der Waals surface area (Å²) in [7, 11) is 6.95. The molecule has 2 N–H and O–H groups in total. The highest BCUT2D eigenvalue weighted by molar-refractivity contribution is 6.91. The monoisotopic (exact) mass is 583 g/mol. The second kappa shape index (κ2) is 12.8. The van der Waals surface area contributed by atoms with E-state index in [9.17, 15) is 4.79 Å². The average Bonchev–Trinajstić information content (AvgIpc) is 3.40. The molecule has 0 atom stereocenters. The number of aryl methyl sites for hydroxylation is 2. The van der Waals surface area contributed by atoms with Gasteiger partial charge in [0.1, 0.15) is 0 Å². The zero-order valence-corrected chi connectivity index (χ0v) is 26.3. The molecule has 0 unspecified atom stereocenters. The number of benzene rings is 1. The summed E-state index contributed by atoms with van der Waals surface area (Å²) in [5.74, 6) is 1.72. The molecule has 41 heavy (non-hydrogen) atoms. The van der Waals surface area contributed by atoms with Gasteiger partial charge < -0.3 is 38.9 Å². The minimum absolute atomic E-state index is 0.0410. The molecule has 12 heteroatoms. The van der Waals surface area contributed by atoms with Gasteiger partial charge in [-0.3, -0.25) is 4.79 Å². The number of aromatic nitrogens is 2. The number of ether oxygens (including phenoxy) is 4. The summed E-state index contributed by atoms with van der Waals surface area (Å²) in [4.78, 5) is 24.0. The van der Waals surface area contributed by atoms with Gasteiger partial charge in [0, 0.05) is 12.6 Å². The van der Waals surface area contributed by atoms with Gasteiger partial charge in [-0.1, -0.05) is 31.6 Å². The Kier molecular flexibility index (Phi) is 9.44. The van der Waals surface area contributed by atoms with Crippen molar-refractivity contribution in [1.82, 2.24) is 14.9 Å². The molecule has 0 saturated carbocycles.